The molecule has 1 saturated heterocycles. The van der Waals surface area contributed by atoms with Gasteiger partial charge in [0.2, 0.25) is 10.0 Å². The zero-order valence-corrected chi connectivity index (χ0v) is 20.7. The predicted molar refractivity (Wildman–Crippen MR) is 133 cm³/mol. The Morgan fingerprint density at radius 3 is 2.40 bits per heavy atom. The van der Waals surface area contributed by atoms with Crippen LogP contribution in [0, 0.1) is 0 Å². The molecule has 1 N–H and O–H groups in total. The molecule has 1 aliphatic carbocycles. The molecule has 5 rings (SSSR count). The molecule has 2 heterocycles. The number of carbonyl (C=O) groups is 1. The van der Waals surface area contributed by atoms with Gasteiger partial charge in [-0.1, -0.05) is 0 Å². The average Bonchev–Trinajstić information content (AvgIpc) is 3.60. The molecule has 1 aliphatic heterocycles. The number of nitrogens with zero attached hydrogens (tertiary/aromatic N) is 6. The number of hydrogen-bond donors (Lipinski definition) is 1. The standard InChI is InChI=1S/C24H29N7O3S/c1-29(2)35(33,34)20-12-13-22(30-14-4-3-5-15-30)21(16-20)24(32)25-18-8-6-17(7-9-18)23-26-27-28-31(23)19-10-11-19/h6-9,12-13,16,19H,3-5,10-11,14-15H2,1-2H3,(H,25,32). The number of piperidine rings is 1. The van der Waals surface area contributed by atoms with E-state index in [1.54, 1.807) is 24.3 Å². The van der Waals surface area contributed by atoms with E-state index in [1.165, 1.54) is 20.2 Å². The van der Waals surface area contributed by atoms with Gasteiger partial charge in [0.1, 0.15) is 0 Å². The fourth-order valence-corrected chi connectivity index (χ4v) is 5.26. The summed E-state index contributed by atoms with van der Waals surface area (Å²) in [7, 11) is -0.715. The lowest BCUT2D eigenvalue weighted by Crippen LogP contribution is -2.32. The Morgan fingerprint density at radius 2 is 1.74 bits per heavy atom. The van der Waals surface area contributed by atoms with Crippen molar-refractivity contribution in [3.05, 3.63) is 48.0 Å². The number of anilines is 2. The molecule has 0 unspecified atom stereocenters. The maximum absolute atomic E-state index is 13.4. The zero-order valence-electron chi connectivity index (χ0n) is 19.9. The summed E-state index contributed by atoms with van der Waals surface area (Å²) in [5, 5.41) is 15.0. The van der Waals surface area contributed by atoms with Gasteiger partial charge >= 0.3 is 0 Å². The summed E-state index contributed by atoms with van der Waals surface area (Å²) < 4.78 is 28.5. The van der Waals surface area contributed by atoms with E-state index < -0.39 is 10.0 Å². The SMILES string of the molecule is CN(C)S(=O)(=O)c1ccc(N2CCCCC2)c(C(=O)Nc2ccc(-c3nnnn3C3CC3)cc2)c1. The van der Waals surface area contributed by atoms with Crippen LogP contribution in [-0.4, -0.2) is 66.0 Å². The van der Waals surface area contributed by atoms with E-state index in [1.807, 2.05) is 16.8 Å². The van der Waals surface area contributed by atoms with Gasteiger partial charge in [0.05, 0.1) is 16.5 Å². The predicted octanol–water partition coefficient (Wildman–Crippen LogP) is 3.17. The van der Waals surface area contributed by atoms with Gasteiger partial charge in [-0.15, -0.1) is 5.10 Å². The number of rotatable bonds is 7. The lowest BCUT2D eigenvalue weighted by atomic mass is 10.1. The van der Waals surface area contributed by atoms with Gasteiger partial charge in [-0.05, 0) is 85.0 Å². The fraction of sp³-hybridized carbons (Fsp3) is 0.417. The molecule has 0 radical (unpaired) electrons. The third-order valence-corrected chi connectivity index (χ3v) is 8.29. The summed E-state index contributed by atoms with van der Waals surface area (Å²) in [6.07, 6.45) is 5.39. The minimum Gasteiger partial charge on any atom is -0.371 e. The number of aromatic nitrogens is 4. The Balaban J connectivity index is 1.42. The highest BCUT2D eigenvalue weighted by Gasteiger charge is 2.28. The van der Waals surface area contributed by atoms with Gasteiger partial charge in [-0.3, -0.25) is 4.79 Å². The first-order valence-corrected chi connectivity index (χ1v) is 13.3. The van der Waals surface area contributed by atoms with Crippen LogP contribution in [0.15, 0.2) is 47.4 Å². The fourth-order valence-electron chi connectivity index (χ4n) is 4.33. The lowest BCUT2D eigenvalue weighted by Gasteiger charge is -2.30. The molecule has 2 aliphatic rings. The van der Waals surface area contributed by atoms with Crippen LogP contribution in [0.1, 0.15) is 48.5 Å². The van der Waals surface area contributed by atoms with Crippen LogP contribution in [0.3, 0.4) is 0 Å². The van der Waals surface area contributed by atoms with Crippen molar-refractivity contribution in [2.75, 3.05) is 37.4 Å². The molecular weight excluding hydrogens is 466 g/mol. The largest absolute Gasteiger partial charge is 0.371 e. The van der Waals surface area contributed by atoms with Gasteiger partial charge in [-0.2, -0.15) is 0 Å². The highest BCUT2D eigenvalue weighted by atomic mass is 32.2. The number of tetrazole rings is 1. The molecule has 0 atom stereocenters. The van der Waals surface area contributed by atoms with Crippen molar-refractivity contribution in [2.45, 2.75) is 43.0 Å². The highest BCUT2D eigenvalue weighted by molar-refractivity contribution is 7.89. The van der Waals surface area contributed by atoms with Crippen molar-refractivity contribution < 1.29 is 13.2 Å². The van der Waals surface area contributed by atoms with Gasteiger partial charge in [0.25, 0.3) is 5.91 Å². The quantitative estimate of drug-likeness (QED) is 0.536. The van der Waals surface area contributed by atoms with Gasteiger partial charge in [-0.25, -0.2) is 17.4 Å². The second kappa shape index (κ2) is 9.38. The monoisotopic (exact) mass is 495 g/mol. The maximum Gasteiger partial charge on any atom is 0.257 e. The molecule has 10 nitrogen and oxygen atoms in total. The minimum atomic E-state index is -3.68. The minimum absolute atomic E-state index is 0.0932. The number of hydrogen-bond acceptors (Lipinski definition) is 7. The van der Waals surface area contributed by atoms with Crippen LogP contribution >= 0.6 is 0 Å². The zero-order chi connectivity index (χ0) is 24.6. The highest BCUT2D eigenvalue weighted by Crippen LogP contribution is 2.36. The van der Waals surface area contributed by atoms with E-state index in [-0.39, 0.29) is 10.8 Å². The molecule has 11 heteroatoms. The van der Waals surface area contributed by atoms with Gasteiger partial charge < -0.3 is 10.2 Å². The summed E-state index contributed by atoms with van der Waals surface area (Å²) in [5.74, 6) is 0.358. The van der Waals surface area contributed by atoms with E-state index in [0.29, 0.717) is 23.1 Å². The van der Waals surface area contributed by atoms with Crippen LogP contribution < -0.4 is 10.2 Å². The molecular formula is C24H29N7O3S. The molecule has 1 amide bonds. The van der Waals surface area contributed by atoms with Crippen LogP contribution in [-0.2, 0) is 10.0 Å². The van der Waals surface area contributed by atoms with E-state index in [2.05, 4.69) is 25.7 Å². The number of benzene rings is 2. The first-order chi connectivity index (χ1) is 16.8. The summed E-state index contributed by atoms with van der Waals surface area (Å²) in [6.45, 7) is 1.68. The molecule has 2 fully saturated rings. The number of nitrogens with one attached hydrogen (secondary N) is 1. The van der Waals surface area contributed by atoms with Gasteiger partial charge in [0.15, 0.2) is 5.82 Å². The van der Waals surface area contributed by atoms with Crippen molar-refractivity contribution in [1.29, 1.82) is 0 Å². The second-order valence-corrected chi connectivity index (χ2v) is 11.4. The van der Waals surface area contributed by atoms with E-state index in [4.69, 9.17) is 0 Å². The van der Waals surface area contributed by atoms with Crippen molar-refractivity contribution in [3.63, 3.8) is 0 Å². The smallest absolute Gasteiger partial charge is 0.257 e. The van der Waals surface area contributed by atoms with Crippen molar-refractivity contribution >= 4 is 27.3 Å². The third-order valence-electron chi connectivity index (χ3n) is 6.47. The summed E-state index contributed by atoms with van der Waals surface area (Å²) in [5.41, 5.74) is 2.57. The molecule has 3 aromatic rings. The van der Waals surface area contributed by atoms with Crippen LogP contribution in [0.5, 0.6) is 0 Å². The summed E-state index contributed by atoms with van der Waals surface area (Å²) in [6, 6.07) is 12.5. The summed E-state index contributed by atoms with van der Waals surface area (Å²) >= 11 is 0. The van der Waals surface area contributed by atoms with Crippen molar-refractivity contribution in [1.82, 2.24) is 24.5 Å². The molecule has 1 saturated carbocycles. The Labute approximate surface area is 205 Å². The topological polar surface area (TPSA) is 113 Å². The molecule has 0 bridgehead atoms. The summed E-state index contributed by atoms with van der Waals surface area (Å²) in [4.78, 5) is 15.7. The third kappa shape index (κ3) is 4.78. The molecule has 1 aromatic heterocycles. The first kappa shape index (κ1) is 23.4. The Bertz CT molecular complexity index is 1330. The molecule has 2 aromatic carbocycles. The molecule has 35 heavy (non-hydrogen) atoms. The van der Waals surface area contributed by atoms with E-state index in [9.17, 15) is 13.2 Å². The molecule has 0 spiro atoms. The lowest BCUT2D eigenvalue weighted by molar-refractivity contribution is 0.102. The van der Waals surface area contributed by atoms with Crippen molar-refractivity contribution in [2.24, 2.45) is 0 Å². The van der Waals surface area contributed by atoms with Crippen LogP contribution in [0.2, 0.25) is 0 Å². The van der Waals surface area contributed by atoms with E-state index in [0.717, 1.165) is 60.7 Å². The Morgan fingerprint density at radius 1 is 1.03 bits per heavy atom. The first-order valence-electron chi connectivity index (χ1n) is 11.9. The number of carbonyl (C=O) groups excluding carboxylic acids is 1. The molecule has 184 valence electrons. The second-order valence-electron chi connectivity index (χ2n) is 9.22. The van der Waals surface area contributed by atoms with Crippen LogP contribution in [0.4, 0.5) is 11.4 Å². The Hall–Kier alpha value is -3.31. The number of sulfonamides is 1. The normalized spacial score (nSPS) is 16.5. The maximum atomic E-state index is 13.4. The number of amides is 1. The van der Waals surface area contributed by atoms with E-state index >= 15 is 0 Å². The van der Waals surface area contributed by atoms with Crippen LogP contribution in [0.25, 0.3) is 11.4 Å². The van der Waals surface area contributed by atoms with Crippen molar-refractivity contribution in [3.8, 4) is 11.4 Å². The Kier molecular flexibility index (Phi) is 6.28. The average molecular weight is 496 g/mol. The van der Waals surface area contributed by atoms with Gasteiger partial charge in [0, 0.05) is 44.1 Å².